The van der Waals surface area contributed by atoms with Crippen molar-refractivity contribution in [3.8, 4) is 0 Å². The van der Waals surface area contributed by atoms with Crippen LogP contribution in [0.25, 0.3) is 0 Å². The van der Waals surface area contributed by atoms with Crippen LogP contribution in [0.1, 0.15) is 46.0 Å². The summed E-state index contributed by atoms with van der Waals surface area (Å²) in [6.07, 6.45) is 4.61. The van der Waals surface area contributed by atoms with Gasteiger partial charge >= 0.3 is 12.0 Å². The Morgan fingerprint density at radius 2 is 1.83 bits per heavy atom. The molecule has 0 saturated heterocycles. The van der Waals surface area contributed by atoms with Gasteiger partial charge in [-0.25, -0.2) is 4.79 Å². The Morgan fingerprint density at radius 1 is 1.17 bits per heavy atom. The summed E-state index contributed by atoms with van der Waals surface area (Å²) in [4.78, 5) is 22.9. The molecule has 0 aromatic rings. The van der Waals surface area contributed by atoms with E-state index in [0.717, 1.165) is 25.7 Å². The first-order chi connectivity index (χ1) is 8.40. The van der Waals surface area contributed by atoms with Gasteiger partial charge in [0.1, 0.15) is 0 Å². The molecule has 0 radical (unpaired) electrons. The highest BCUT2D eigenvalue weighted by atomic mass is 16.4. The zero-order chi connectivity index (χ0) is 13.3. The Kier molecular flexibility index (Phi) is 3.50. The molecule has 2 fully saturated rings. The van der Waals surface area contributed by atoms with Crippen LogP contribution in [-0.4, -0.2) is 28.7 Å². The second-order valence-electron chi connectivity index (χ2n) is 6.08. The number of urea groups is 1. The first kappa shape index (κ1) is 13.2. The maximum atomic E-state index is 11.9. The Morgan fingerprint density at radius 3 is 2.39 bits per heavy atom. The van der Waals surface area contributed by atoms with Gasteiger partial charge in [-0.05, 0) is 45.4 Å². The number of rotatable bonds is 4. The molecule has 2 amide bonds. The van der Waals surface area contributed by atoms with E-state index < -0.39 is 11.9 Å². The van der Waals surface area contributed by atoms with Gasteiger partial charge in [0.15, 0.2) is 0 Å². The smallest absolute Gasteiger partial charge is 0.315 e. The summed E-state index contributed by atoms with van der Waals surface area (Å²) in [6, 6.07) is -0.456. The van der Waals surface area contributed by atoms with Gasteiger partial charge in [0.05, 0.1) is 5.92 Å². The van der Waals surface area contributed by atoms with E-state index in [1.165, 1.54) is 0 Å². The van der Waals surface area contributed by atoms with Crippen molar-refractivity contribution in [2.45, 2.75) is 57.5 Å². The minimum atomic E-state index is -0.806. The lowest BCUT2D eigenvalue weighted by Crippen LogP contribution is -2.53. The maximum absolute atomic E-state index is 11.9. The first-order valence-corrected chi connectivity index (χ1v) is 6.71. The fourth-order valence-electron chi connectivity index (χ4n) is 2.83. The van der Waals surface area contributed by atoms with Gasteiger partial charge in [-0.2, -0.15) is 0 Å². The Balaban J connectivity index is 1.85. The van der Waals surface area contributed by atoms with Gasteiger partial charge < -0.3 is 15.7 Å². The van der Waals surface area contributed by atoms with Crippen molar-refractivity contribution in [2.24, 2.45) is 11.8 Å². The van der Waals surface area contributed by atoms with Crippen molar-refractivity contribution in [3.63, 3.8) is 0 Å². The van der Waals surface area contributed by atoms with Crippen LogP contribution >= 0.6 is 0 Å². The summed E-state index contributed by atoms with van der Waals surface area (Å²) in [5.74, 6) is -0.680. The third-order valence-corrected chi connectivity index (χ3v) is 4.18. The van der Waals surface area contributed by atoms with Gasteiger partial charge in [-0.15, -0.1) is 0 Å². The average Bonchev–Trinajstić information content (AvgIpc) is 3.00. The number of carbonyl (C=O) groups is 2. The Hall–Kier alpha value is -1.26. The SMILES string of the molecule is CC(C)(NC(=O)NC1CCCC1C(=O)O)C1CC1. The normalized spacial score (nSPS) is 27.9. The molecule has 5 nitrogen and oxygen atoms in total. The molecule has 0 heterocycles. The molecule has 2 unspecified atom stereocenters. The van der Waals surface area contributed by atoms with Crippen molar-refractivity contribution in [2.75, 3.05) is 0 Å². The van der Waals surface area contributed by atoms with Crippen LogP contribution in [0.4, 0.5) is 4.79 Å². The van der Waals surface area contributed by atoms with Crippen molar-refractivity contribution in [1.82, 2.24) is 10.6 Å². The molecule has 102 valence electrons. The van der Waals surface area contributed by atoms with E-state index in [2.05, 4.69) is 10.6 Å². The van der Waals surface area contributed by atoms with E-state index >= 15 is 0 Å². The molecule has 5 heteroatoms. The van der Waals surface area contributed by atoms with E-state index in [-0.39, 0.29) is 17.6 Å². The minimum Gasteiger partial charge on any atom is -0.481 e. The monoisotopic (exact) mass is 254 g/mol. The number of carbonyl (C=O) groups excluding carboxylic acids is 1. The third kappa shape index (κ3) is 2.94. The summed E-state index contributed by atoms with van der Waals surface area (Å²) < 4.78 is 0. The van der Waals surface area contributed by atoms with Crippen LogP contribution in [0.5, 0.6) is 0 Å². The molecule has 0 aromatic carbocycles. The van der Waals surface area contributed by atoms with Crippen LogP contribution < -0.4 is 10.6 Å². The molecule has 2 saturated carbocycles. The lowest BCUT2D eigenvalue weighted by atomic mass is 9.99. The number of hydrogen-bond donors (Lipinski definition) is 3. The van der Waals surface area contributed by atoms with E-state index in [4.69, 9.17) is 5.11 Å². The standard InChI is InChI=1S/C13H22N2O3/c1-13(2,8-6-7-8)15-12(18)14-10-5-3-4-9(10)11(16)17/h8-10H,3-7H2,1-2H3,(H,16,17)(H2,14,15,18). The van der Waals surface area contributed by atoms with Gasteiger partial charge in [0.2, 0.25) is 0 Å². The van der Waals surface area contributed by atoms with Crippen molar-refractivity contribution in [3.05, 3.63) is 0 Å². The Bertz CT molecular complexity index is 350. The second-order valence-corrected chi connectivity index (χ2v) is 6.08. The number of amides is 2. The number of nitrogens with one attached hydrogen (secondary N) is 2. The molecule has 3 N–H and O–H groups in total. The number of carboxylic acid groups (broad SMARTS) is 1. The highest BCUT2D eigenvalue weighted by Gasteiger charge is 2.40. The fraction of sp³-hybridized carbons (Fsp3) is 0.846. The number of aliphatic carboxylic acids is 1. The van der Waals surface area contributed by atoms with Crippen molar-refractivity contribution in [1.29, 1.82) is 0 Å². The largest absolute Gasteiger partial charge is 0.481 e. The highest BCUT2D eigenvalue weighted by Crippen LogP contribution is 2.39. The molecular weight excluding hydrogens is 232 g/mol. The van der Waals surface area contributed by atoms with Crippen LogP contribution in [0.2, 0.25) is 0 Å². The summed E-state index contributed by atoms with van der Waals surface area (Å²) in [5.41, 5.74) is -0.193. The van der Waals surface area contributed by atoms with Crippen LogP contribution in [0, 0.1) is 11.8 Å². The first-order valence-electron chi connectivity index (χ1n) is 6.71. The van der Waals surface area contributed by atoms with Crippen LogP contribution in [-0.2, 0) is 4.79 Å². The zero-order valence-electron chi connectivity index (χ0n) is 11.0. The molecule has 0 aromatic heterocycles. The van der Waals surface area contributed by atoms with E-state index in [1.807, 2.05) is 13.8 Å². The average molecular weight is 254 g/mol. The zero-order valence-corrected chi connectivity index (χ0v) is 11.0. The Labute approximate surface area is 107 Å². The molecule has 2 atom stereocenters. The predicted molar refractivity (Wildman–Crippen MR) is 67.2 cm³/mol. The summed E-state index contributed by atoms with van der Waals surface area (Å²) in [6.45, 7) is 4.04. The van der Waals surface area contributed by atoms with Crippen molar-refractivity contribution < 1.29 is 14.7 Å². The molecule has 2 aliphatic carbocycles. The van der Waals surface area contributed by atoms with Gasteiger partial charge in [-0.3, -0.25) is 4.79 Å². The van der Waals surface area contributed by atoms with Gasteiger partial charge in [0.25, 0.3) is 0 Å². The lowest BCUT2D eigenvalue weighted by molar-refractivity contribution is -0.142. The lowest BCUT2D eigenvalue weighted by Gasteiger charge is -2.28. The minimum absolute atomic E-state index is 0.193. The van der Waals surface area contributed by atoms with E-state index in [0.29, 0.717) is 12.3 Å². The summed E-state index contributed by atoms with van der Waals surface area (Å²) >= 11 is 0. The summed E-state index contributed by atoms with van der Waals surface area (Å²) in [7, 11) is 0. The third-order valence-electron chi connectivity index (χ3n) is 4.18. The molecule has 0 bridgehead atoms. The topological polar surface area (TPSA) is 78.4 Å². The van der Waals surface area contributed by atoms with Crippen molar-refractivity contribution >= 4 is 12.0 Å². The van der Waals surface area contributed by atoms with E-state index in [1.54, 1.807) is 0 Å². The predicted octanol–water partition coefficient (Wildman–Crippen LogP) is 1.73. The molecule has 2 aliphatic rings. The molecule has 2 rings (SSSR count). The number of hydrogen-bond acceptors (Lipinski definition) is 2. The maximum Gasteiger partial charge on any atom is 0.315 e. The summed E-state index contributed by atoms with van der Waals surface area (Å²) in [5, 5.41) is 14.8. The van der Waals surface area contributed by atoms with Gasteiger partial charge in [-0.1, -0.05) is 6.42 Å². The molecule has 0 aliphatic heterocycles. The highest BCUT2D eigenvalue weighted by molar-refractivity contribution is 5.77. The quantitative estimate of drug-likeness (QED) is 0.715. The van der Waals surface area contributed by atoms with E-state index in [9.17, 15) is 9.59 Å². The molecular formula is C13H22N2O3. The molecule has 18 heavy (non-hydrogen) atoms. The fourth-order valence-corrected chi connectivity index (χ4v) is 2.83. The van der Waals surface area contributed by atoms with Crippen LogP contribution in [0.3, 0.4) is 0 Å². The molecule has 0 spiro atoms. The second kappa shape index (κ2) is 4.78. The van der Waals surface area contributed by atoms with Gasteiger partial charge in [0, 0.05) is 11.6 Å². The number of carboxylic acids is 1. The van der Waals surface area contributed by atoms with Crippen LogP contribution in [0.15, 0.2) is 0 Å².